The molecule has 2 heteroatoms. The Morgan fingerprint density at radius 1 is 1.05 bits per heavy atom. The summed E-state index contributed by atoms with van der Waals surface area (Å²) in [6.07, 6.45) is 1.96. The highest BCUT2D eigenvalue weighted by Crippen LogP contribution is 2.30. The van der Waals surface area contributed by atoms with Crippen LogP contribution in [0.5, 0.6) is 0 Å². The summed E-state index contributed by atoms with van der Waals surface area (Å²) in [6.45, 7) is 11.1. The fourth-order valence-corrected chi connectivity index (χ4v) is 2.92. The Balaban J connectivity index is 2.98. The van der Waals surface area contributed by atoms with Crippen molar-refractivity contribution in [2.45, 2.75) is 53.0 Å². The zero-order valence-electron chi connectivity index (χ0n) is 13.0. The molecule has 19 heavy (non-hydrogen) atoms. The number of para-hydroxylation sites is 1. The first-order valence-corrected chi connectivity index (χ1v) is 7.33. The van der Waals surface area contributed by atoms with Gasteiger partial charge in [-0.2, -0.15) is 0 Å². The minimum atomic E-state index is -0.214. The first-order chi connectivity index (χ1) is 8.88. The monoisotopic (exact) mass is 263 g/mol. The largest absolute Gasteiger partial charge is 0.394 e. The third-order valence-electron chi connectivity index (χ3n) is 3.45. The molecule has 1 aromatic rings. The molecule has 2 N–H and O–H groups in total. The summed E-state index contributed by atoms with van der Waals surface area (Å²) >= 11 is 0. The van der Waals surface area contributed by atoms with Crippen LogP contribution in [0.4, 0.5) is 5.69 Å². The molecule has 0 radical (unpaired) electrons. The summed E-state index contributed by atoms with van der Waals surface area (Å²) in [6, 6.07) is 8.30. The maximum atomic E-state index is 9.96. The van der Waals surface area contributed by atoms with Crippen LogP contribution < -0.4 is 5.32 Å². The van der Waals surface area contributed by atoms with Crippen LogP contribution in [-0.4, -0.2) is 17.3 Å². The highest BCUT2D eigenvalue weighted by atomic mass is 16.3. The van der Waals surface area contributed by atoms with Crippen molar-refractivity contribution in [3.05, 3.63) is 29.8 Å². The van der Waals surface area contributed by atoms with Gasteiger partial charge in [0.05, 0.1) is 12.1 Å². The normalized spacial score (nSPS) is 12.2. The van der Waals surface area contributed by atoms with E-state index in [0.717, 1.165) is 18.5 Å². The zero-order chi connectivity index (χ0) is 14.5. The summed E-state index contributed by atoms with van der Waals surface area (Å²) < 4.78 is 0. The summed E-state index contributed by atoms with van der Waals surface area (Å²) in [4.78, 5) is 0. The Morgan fingerprint density at radius 2 is 1.58 bits per heavy atom. The SMILES string of the molecule is Cc1ccccc1NC(CO)(CC(C)C)CC(C)C. The van der Waals surface area contributed by atoms with Crippen molar-refractivity contribution in [3.8, 4) is 0 Å². The topological polar surface area (TPSA) is 32.3 Å². The molecule has 0 amide bonds. The number of aliphatic hydroxyl groups excluding tert-OH is 1. The Labute approximate surface area is 118 Å². The number of rotatable bonds is 7. The van der Waals surface area contributed by atoms with Gasteiger partial charge in [0, 0.05) is 5.69 Å². The number of benzene rings is 1. The Bertz CT molecular complexity index is 375. The third kappa shape index (κ3) is 4.87. The first-order valence-electron chi connectivity index (χ1n) is 7.33. The summed E-state index contributed by atoms with van der Waals surface area (Å²) in [7, 11) is 0. The lowest BCUT2D eigenvalue weighted by Crippen LogP contribution is -2.44. The maximum Gasteiger partial charge on any atom is 0.0661 e. The van der Waals surface area contributed by atoms with E-state index in [0.29, 0.717) is 11.8 Å². The Morgan fingerprint density at radius 3 is 2.00 bits per heavy atom. The van der Waals surface area contributed by atoms with Gasteiger partial charge in [0.15, 0.2) is 0 Å². The van der Waals surface area contributed by atoms with Crippen LogP contribution in [0.15, 0.2) is 24.3 Å². The third-order valence-corrected chi connectivity index (χ3v) is 3.45. The number of anilines is 1. The van der Waals surface area contributed by atoms with Gasteiger partial charge in [0.25, 0.3) is 0 Å². The van der Waals surface area contributed by atoms with Crippen molar-refractivity contribution >= 4 is 5.69 Å². The molecular weight excluding hydrogens is 234 g/mol. The van der Waals surface area contributed by atoms with E-state index in [1.165, 1.54) is 5.56 Å². The van der Waals surface area contributed by atoms with Crippen molar-refractivity contribution in [3.63, 3.8) is 0 Å². The molecule has 0 spiro atoms. The van der Waals surface area contributed by atoms with Crippen LogP contribution in [0.25, 0.3) is 0 Å². The van der Waals surface area contributed by atoms with E-state index in [2.05, 4.69) is 52.1 Å². The summed E-state index contributed by atoms with van der Waals surface area (Å²) in [5.74, 6) is 1.12. The number of hydrogen-bond donors (Lipinski definition) is 2. The zero-order valence-corrected chi connectivity index (χ0v) is 13.0. The van der Waals surface area contributed by atoms with E-state index in [9.17, 15) is 5.11 Å². The quantitative estimate of drug-likeness (QED) is 0.771. The first kappa shape index (κ1) is 16.0. The van der Waals surface area contributed by atoms with E-state index >= 15 is 0 Å². The van der Waals surface area contributed by atoms with Gasteiger partial charge >= 0.3 is 0 Å². The molecule has 0 aliphatic rings. The number of aryl methyl sites for hydroxylation is 1. The molecule has 2 nitrogen and oxygen atoms in total. The van der Waals surface area contributed by atoms with E-state index < -0.39 is 0 Å². The van der Waals surface area contributed by atoms with Crippen molar-refractivity contribution < 1.29 is 5.11 Å². The molecule has 0 unspecified atom stereocenters. The van der Waals surface area contributed by atoms with Gasteiger partial charge in [-0.05, 0) is 43.2 Å². The fraction of sp³-hybridized carbons (Fsp3) is 0.647. The van der Waals surface area contributed by atoms with Gasteiger partial charge in [-0.1, -0.05) is 45.9 Å². The van der Waals surface area contributed by atoms with Crippen molar-refractivity contribution in [1.82, 2.24) is 0 Å². The molecule has 0 bridgehead atoms. The standard InChI is InChI=1S/C17H29NO/c1-13(2)10-17(12-19,11-14(3)4)18-16-9-7-6-8-15(16)5/h6-9,13-14,18-19H,10-12H2,1-5H3. The van der Waals surface area contributed by atoms with Crippen molar-refractivity contribution in [1.29, 1.82) is 0 Å². The van der Waals surface area contributed by atoms with Crippen LogP contribution in [0.2, 0.25) is 0 Å². The predicted molar refractivity (Wildman–Crippen MR) is 83.5 cm³/mol. The molecule has 0 saturated carbocycles. The highest BCUT2D eigenvalue weighted by molar-refractivity contribution is 5.52. The Kier molecular flexibility index (Phi) is 5.86. The maximum absolute atomic E-state index is 9.96. The van der Waals surface area contributed by atoms with Gasteiger partial charge in [0.2, 0.25) is 0 Å². The molecule has 0 aliphatic carbocycles. The molecule has 0 aliphatic heterocycles. The molecule has 1 aromatic carbocycles. The molecular formula is C17H29NO. The van der Waals surface area contributed by atoms with E-state index in [-0.39, 0.29) is 12.1 Å². The summed E-state index contributed by atoms with van der Waals surface area (Å²) in [5.41, 5.74) is 2.15. The van der Waals surface area contributed by atoms with E-state index in [1.54, 1.807) is 0 Å². The molecule has 0 saturated heterocycles. The lowest BCUT2D eigenvalue weighted by molar-refractivity contribution is 0.168. The second-order valence-corrected chi connectivity index (χ2v) is 6.57. The smallest absolute Gasteiger partial charge is 0.0661 e. The number of aliphatic hydroxyl groups is 1. The molecule has 0 aromatic heterocycles. The number of hydrogen-bond acceptors (Lipinski definition) is 2. The predicted octanol–water partition coefficient (Wildman–Crippen LogP) is 4.23. The van der Waals surface area contributed by atoms with Crippen LogP contribution in [0, 0.1) is 18.8 Å². The average Bonchev–Trinajstić information content (AvgIpc) is 2.30. The van der Waals surface area contributed by atoms with Crippen LogP contribution in [0.3, 0.4) is 0 Å². The Hall–Kier alpha value is -1.02. The van der Waals surface area contributed by atoms with Crippen LogP contribution in [-0.2, 0) is 0 Å². The lowest BCUT2D eigenvalue weighted by Gasteiger charge is -2.37. The average molecular weight is 263 g/mol. The van der Waals surface area contributed by atoms with Crippen molar-refractivity contribution in [2.75, 3.05) is 11.9 Å². The minimum Gasteiger partial charge on any atom is -0.394 e. The molecule has 1 rings (SSSR count). The van der Waals surface area contributed by atoms with Crippen molar-refractivity contribution in [2.24, 2.45) is 11.8 Å². The highest BCUT2D eigenvalue weighted by Gasteiger charge is 2.31. The van der Waals surface area contributed by atoms with Gasteiger partial charge < -0.3 is 10.4 Å². The minimum absolute atomic E-state index is 0.178. The van der Waals surface area contributed by atoms with Gasteiger partial charge in [-0.3, -0.25) is 0 Å². The molecule has 108 valence electrons. The van der Waals surface area contributed by atoms with E-state index in [1.807, 2.05) is 12.1 Å². The molecule has 0 fully saturated rings. The van der Waals surface area contributed by atoms with Crippen LogP contribution in [0.1, 0.15) is 46.1 Å². The van der Waals surface area contributed by atoms with Gasteiger partial charge in [-0.15, -0.1) is 0 Å². The molecule has 0 heterocycles. The summed E-state index contributed by atoms with van der Waals surface area (Å²) in [5, 5.41) is 13.6. The van der Waals surface area contributed by atoms with Gasteiger partial charge in [-0.25, -0.2) is 0 Å². The lowest BCUT2D eigenvalue weighted by atomic mass is 9.82. The van der Waals surface area contributed by atoms with E-state index in [4.69, 9.17) is 0 Å². The van der Waals surface area contributed by atoms with Crippen LogP contribution >= 0.6 is 0 Å². The number of nitrogens with one attached hydrogen (secondary N) is 1. The fourth-order valence-electron chi connectivity index (χ4n) is 2.92. The molecule has 0 atom stereocenters. The van der Waals surface area contributed by atoms with Gasteiger partial charge in [0.1, 0.15) is 0 Å². The second kappa shape index (κ2) is 6.95. The second-order valence-electron chi connectivity index (χ2n) is 6.57.